The molecule has 0 saturated heterocycles. The highest BCUT2D eigenvalue weighted by Crippen LogP contribution is 2.02. The first-order chi connectivity index (χ1) is 9.41. The maximum absolute atomic E-state index is 12.7. The number of hydrogen-bond acceptors (Lipinski definition) is 3. The van der Waals surface area contributed by atoms with Crippen molar-refractivity contribution in [2.24, 2.45) is 11.7 Å². The Hall–Kier alpha value is -1.95. The van der Waals surface area contributed by atoms with Gasteiger partial charge in [-0.05, 0) is 31.2 Å². The predicted octanol–water partition coefficient (Wildman–Crippen LogP) is 0.655. The zero-order chi connectivity index (χ0) is 15.1. The third-order valence-corrected chi connectivity index (χ3v) is 3.02. The summed E-state index contributed by atoms with van der Waals surface area (Å²) >= 11 is 0. The van der Waals surface area contributed by atoms with Crippen LogP contribution in [0.3, 0.4) is 0 Å². The van der Waals surface area contributed by atoms with Crippen molar-refractivity contribution in [3.05, 3.63) is 35.6 Å². The van der Waals surface area contributed by atoms with Gasteiger partial charge in [0.1, 0.15) is 5.82 Å². The Labute approximate surface area is 117 Å². The topological polar surface area (TPSA) is 84.2 Å². The van der Waals surface area contributed by atoms with E-state index >= 15 is 0 Å². The molecule has 0 fully saturated rings. The molecule has 1 aromatic rings. The van der Waals surface area contributed by atoms with Gasteiger partial charge in [-0.1, -0.05) is 6.92 Å². The molecule has 2 atom stereocenters. The van der Waals surface area contributed by atoms with Gasteiger partial charge >= 0.3 is 0 Å². The van der Waals surface area contributed by atoms with Crippen molar-refractivity contribution in [2.75, 3.05) is 13.1 Å². The van der Waals surface area contributed by atoms with Crippen LogP contribution >= 0.6 is 0 Å². The summed E-state index contributed by atoms with van der Waals surface area (Å²) in [5, 5.41) is 5.32. The van der Waals surface area contributed by atoms with E-state index in [4.69, 9.17) is 5.73 Å². The molecule has 20 heavy (non-hydrogen) atoms. The van der Waals surface area contributed by atoms with Gasteiger partial charge < -0.3 is 16.4 Å². The number of carbonyl (C=O) groups is 2. The lowest BCUT2D eigenvalue weighted by Crippen LogP contribution is -2.41. The Morgan fingerprint density at radius 2 is 1.70 bits per heavy atom. The smallest absolute Gasteiger partial charge is 0.251 e. The minimum Gasteiger partial charge on any atom is -0.354 e. The summed E-state index contributed by atoms with van der Waals surface area (Å²) in [7, 11) is 0. The maximum Gasteiger partial charge on any atom is 0.251 e. The first-order valence-electron chi connectivity index (χ1n) is 6.49. The summed E-state index contributed by atoms with van der Waals surface area (Å²) in [6, 6.07) is 5.04. The average Bonchev–Trinajstić information content (AvgIpc) is 2.42. The molecule has 0 radical (unpaired) electrons. The summed E-state index contributed by atoms with van der Waals surface area (Å²) in [5.41, 5.74) is 5.99. The molecule has 0 aliphatic heterocycles. The van der Waals surface area contributed by atoms with Crippen LogP contribution in [0.4, 0.5) is 4.39 Å². The van der Waals surface area contributed by atoms with Crippen molar-refractivity contribution in [3.8, 4) is 0 Å². The minimum atomic E-state index is -0.390. The van der Waals surface area contributed by atoms with Crippen LogP contribution in [-0.4, -0.2) is 30.9 Å². The van der Waals surface area contributed by atoms with Gasteiger partial charge in [-0.15, -0.1) is 0 Å². The van der Waals surface area contributed by atoms with Gasteiger partial charge in [0.05, 0.1) is 0 Å². The van der Waals surface area contributed by atoms with Crippen molar-refractivity contribution in [3.63, 3.8) is 0 Å². The fourth-order valence-electron chi connectivity index (χ4n) is 1.46. The molecular formula is C14H20FN3O2. The number of carbonyl (C=O) groups excluding carboxylic acids is 2. The maximum atomic E-state index is 12.7. The SMILES string of the molecule is CC(N)C(C)C(=O)NCCNC(=O)c1ccc(F)cc1. The molecule has 0 aliphatic carbocycles. The Morgan fingerprint density at radius 3 is 2.25 bits per heavy atom. The lowest BCUT2D eigenvalue weighted by atomic mass is 10.0. The van der Waals surface area contributed by atoms with Crippen LogP contribution in [0.5, 0.6) is 0 Å². The Bertz CT molecular complexity index is 460. The van der Waals surface area contributed by atoms with Gasteiger partial charge in [0.15, 0.2) is 0 Å². The highest BCUT2D eigenvalue weighted by Gasteiger charge is 2.16. The zero-order valence-electron chi connectivity index (χ0n) is 11.7. The molecule has 0 spiro atoms. The number of nitrogens with two attached hydrogens (primary N) is 1. The van der Waals surface area contributed by atoms with Crippen LogP contribution in [0.15, 0.2) is 24.3 Å². The molecule has 5 nitrogen and oxygen atoms in total. The number of rotatable bonds is 6. The third kappa shape index (κ3) is 4.97. The zero-order valence-corrected chi connectivity index (χ0v) is 11.7. The summed E-state index contributed by atoms with van der Waals surface area (Å²) in [4.78, 5) is 23.3. The first kappa shape index (κ1) is 16.1. The van der Waals surface area contributed by atoms with Crippen LogP contribution in [0.1, 0.15) is 24.2 Å². The highest BCUT2D eigenvalue weighted by atomic mass is 19.1. The molecule has 1 aromatic carbocycles. The van der Waals surface area contributed by atoms with Crippen molar-refractivity contribution < 1.29 is 14.0 Å². The van der Waals surface area contributed by atoms with Crippen molar-refractivity contribution in [1.29, 1.82) is 0 Å². The Kier molecular flexibility index (Phi) is 6.11. The van der Waals surface area contributed by atoms with Crippen LogP contribution in [0, 0.1) is 11.7 Å². The van der Waals surface area contributed by atoms with Crippen molar-refractivity contribution in [2.45, 2.75) is 19.9 Å². The monoisotopic (exact) mass is 281 g/mol. The second kappa shape index (κ2) is 7.59. The molecule has 110 valence electrons. The lowest BCUT2D eigenvalue weighted by Gasteiger charge is -2.15. The molecular weight excluding hydrogens is 261 g/mol. The number of halogens is 1. The fraction of sp³-hybridized carbons (Fsp3) is 0.429. The first-order valence-corrected chi connectivity index (χ1v) is 6.49. The normalized spacial score (nSPS) is 13.4. The fourth-order valence-corrected chi connectivity index (χ4v) is 1.46. The van der Waals surface area contributed by atoms with E-state index in [0.29, 0.717) is 18.7 Å². The summed E-state index contributed by atoms with van der Waals surface area (Å²) in [6.45, 7) is 4.13. The van der Waals surface area contributed by atoms with Crippen LogP contribution in [-0.2, 0) is 4.79 Å². The van der Waals surface area contributed by atoms with Crippen molar-refractivity contribution >= 4 is 11.8 Å². The van der Waals surface area contributed by atoms with Crippen molar-refractivity contribution in [1.82, 2.24) is 10.6 Å². The van der Waals surface area contributed by atoms with E-state index in [0.717, 1.165) is 0 Å². The van der Waals surface area contributed by atoms with E-state index in [-0.39, 0.29) is 23.8 Å². The number of amides is 2. The number of benzene rings is 1. The van der Waals surface area contributed by atoms with Gasteiger partial charge in [0.25, 0.3) is 5.91 Å². The summed E-state index contributed by atoms with van der Waals surface area (Å²) in [5.74, 6) is -1.11. The van der Waals surface area contributed by atoms with Crippen LogP contribution < -0.4 is 16.4 Å². The number of nitrogens with one attached hydrogen (secondary N) is 2. The molecule has 2 unspecified atom stereocenters. The molecule has 1 rings (SSSR count). The van der Waals surface area contributed by atoms with E-state index in [2.05, 4.69) is 10.6 Å². The Balaban J connectivity index is 2.29. The number of hydrogen-bond donors (Lipinski definition) is 3. The van der Waals surface area contributed by atoms with Gasteiger partial charge in [-0.2, -0.15) is 0 Å². The van der Waals surface area contributed by atoms with E-state index in [1.165, 1.54) is 24.3 Å². The molecule has 0 bridgehead atoms. The minimum absolute atomic E-state index is 0.143. The van der Waals surface area contributed by atoms with E-state index in [1.807, 2.05) is 0 Å². The molecule has 6 heteroatoms. The third-order valence-electron chi connectivity index (χ3n) is 3.02. The molecule has 0 aromatic heterocycles. The summed E-state index contributed by atoms with van der Waals surface area (Å²) in [6.07, 6.45) is 0. The van der Waals surface area contributed by atoms with E-state index in [1.54, 1.807) is 13.8 Å². The van der Waals surface area contributed by atoms with E-state index in [9.17, 15) is 14.0 Å². The summed E-state index contributed by atoms with van der Waals surface area (Å²) < 4.78 is 12.7. The quantitative estimate of drug-likeness (QED) is 0.670. The molecule has 0 aliphatic rings. The highest BCUT2D eigenvalue weighted by molar-refractivity contribution is 5.94. The predicted molar refractivity (Wildman–Crippen MR) is 74.6 cm³/mol. The average molecular weight is 281 g/mol. The molecule has 0 saturated carbocycles. The molecule has 4 N–H and O–H groups in total. The standard InChI is InChI=1S/C14H20FN3O2/c1-9(10(2)16)13(19)17-7-8-18-14(20)11-3-5-12(15)6-4-11/h3-6,9-10H,7-8,16H2,1-2H3,(H,17,19)(H,18,20). The van der Waals surface area contributed by atoms with Gasteiger partial charge in [-0.25, -0.2) is 4.39 Å². The molecule has 2 amide bonds. The van der Waals surface area contributed by atoms with Gasteiger partial charge in [0.2, 0.25) is 5.91 Å². The second-order valence-corrected chi connectivity index (χ2v) is 4.70. The molecule has 0 heterocycles. The van der Waals surface area contributed by atoms with Crippen LogP contribution in [0.25, 0.3) is 0 Å². The van der Waals surface area contributed by atoms with Gasteiger partial charge in [0, 0.05) is 30.6 Å². The second-order valence-electron chi connectivity index (χ2n) is 4.70. The Morgan fingerprint density at radius 1 is 1.15 bits per heavy atom. The van der Waals surface area contributed by atoms with E-state index < -0.39 is 5.82 Å². The lowest BCUT2D eigenvalue weighted by molar-refractivity contribution is -0.124. The van der Waals surface area contributed by atoms with Gasteiger partial charge in [-0.3, -0.25) is 9.59 Å². The van der Waals surface area contributed by atoms with Crippen LogP contribution in [0.2, 0.25) is 0 Å². The largest absolute Gasteiger partial charge is 0.354 e.